The van der Waals surface area contributed by atoms with Crippen LogP contribution in [0.5, 0.6) is 0 Å². The van der Waals surface area contributed by atoms with Crippen molar-refractivity contribution in [1.82, 2.24) is 9.88 Å². The Labute approximate surface area is 77.7 Å². The van der Waals surface area contributed by atoms with Gasteiger partial charge in [0.1, 0.15) is 0 Å². The Morgan fingerprint density at radius 3 is 2.69 bits per heavy atom. The number of aromatic nitrogens is 1. The molecule has 0 aromatic carbocycles. The number of rotatable bonds is 1. The Bertz CT molecular complexity index is 310. The van der Waals surface area contributed by atoms with E-state index >= 15 is 0 Å². The number of nitrogens with one attached hydrogen (secondary N) is 1. The summed E-state index contributed by atoms with van der Waals surface area (Å²) in [4.78, 5) is 16.8. The van der Waals surface area contributed by atoms with Crippen molar-refractivity contribution in [3.63, 3.8) is 0 Å². The molecule has 0 unspecified atom stereocenters. The van der Waals surface area contributed by atoms with Gasteiger partial charge in [0.15, 0.2) is 0 Å². The molecule has 0 atom stereocenters. The summed E-state index contributed by atoms with van der Waals surface area (Å²) < 4.78 is 0. The molecule has 1 aromatic rings. The molecule has 2 heterocycles. The Balaban J connectivity index is 2.17. The van der Waals surface area contributed by atoms with Crippen LogP contribution >= 0.6 is 0 Å². The number of aromatic amines is 1. The van der Waals surface area contributed by atoms with Crippen molar-refractivity contribution in [2.24, 2.45) is 0 Å². The molecule has 1 N–H and O–H groups in total. The second kappa shape index (κ2) is 3.24. The highest BCUT2D eigenvalue weighted by Gasteiger charge is 2.20. The Morgan fingerprint density at radius 2 is 2.15 bits per heavy atom. The third-order valence-electron chi connectivity index (χ3n) is 2.58. The van der Waals surface area contributed by atoms with Gasteiger partial charge in [-0.05, 0) is 25.8 Å². The van der Waals surface area contributed by atoms with Crippen LogP contribution in [0, 0.1) is 6.92 Å². The first-order valence-corrected chi connectivity index (χ1v) is 4.72. The van der Waals surface area contributed by atoms with E-state index in [1.54, 1.807) is 0 Å². The van der Waals surface area contributed by atoms with Gasteiger partial charge in [0, 0.05) is 25.0 Å². The number of H-pyrrole nitrogens is 1. The van der Waals surface area contributed by atoms with Crippen molar-refractivity contribution in [1.29, 1.82) is 0 Å². The number of hydrogen-bond donors (Lipinski definition) is 1. The monoisotopic (exact) mass is 178 g/mol. The highest BCUT2D eigenvalue weighted by Crippen LogP contribution is 2.14. The van der Waals surface area contributed by atoms with Gasteiger partial charge in [-0.2, -0.15) is 0 Å². The minimum atomic E-state index is 0.177. The molecular formula is C10H14N2O. The molecule has 3 nitrogen and oxygen atoms in total. The van der Waals surface area contributed by atoms with Gasteiger partial charge in [-0.1, -0.05) is 0 Å². The quantitative estimate of drug-likeness (QED) is 0.696. The van der Waals surface area contributed by atoms with Crippen molar-refractivity contribution in [2.75, 3.05) is 13.1 Å². The Hall–Kier alpha value is -1.25. The zero-order valence-corrected chi connectivity index (χ0v) is 7.84. The molecule has 0 spiro atoms. The van der Waals surface area contributed by atoms with Gasteiger partial charge in [-0.15, -0.1) is 0 Å². The van der Waals surface area contributed by atoms with E-state index < -0.39 is 0 Å². The molecule has 1 fully saturated rings. The van der Waals surface area contributed by atoms with Crippen LogP contribution in [-0.4, -0.2) is 28.9 Å². The second-order valence-electron chi connectivity index (χ2n) is 3.52. The van der Waals surface area contributed by atoms with E-state index in [2.05, 4.69) is 4.98 Å². The summed E-state index contributed by atoms with van der Waals surface area (Å²) in [6.45, 7) is 3.77. The van der Waals surface area contributed by atoms with Crippen LogP contribution in [-0.2, 0) is 0 Å². The second-order valence-corrected chi connectivity index (χ2v) is 3.52. The minimum Gasteiger partial charge on any atom is -0.365 e. The summed E-state index contributed by atoms with van der Waals surface area (Å²) in [5.74, 6) is 0.177. The van der Waals surface area contributed by atoms with Gasteiger partial charge in [-0.25, -0.2) is 0 Å². The largest absolute Gasteiger partial charge is 0.365 e. The predicted molar refractivity (Wildman–Crippen MR) is 50.7 cm³/mol. The summed E-state index contributed by atoms with van der Waals surface area (Å²) in [5, 5.41) is 0. The van der Waals surface area contributed by atoms with Crippen molar-refractivity contribution < 1.29 is 4.79 Å². The molecule has 0 bridgehead atoms. The maximum absolute atomic E-state index is 11.8. The van der Waals surface area contributed by atoms with Crippen molar-refractivity contribution in [3.8, 4) is 0 Å². The lowest BCUT2D eigenvalue weighted by Crippen LogP contribution is -2.27. The van der Waals surface area contributed by atoms with Crippen LogP contribution in [0.1, 0.15) is 28.9 Å². The number of nitrogens with zero attached hydrogens (tertiary/aromatic N) is 1. The summed E-state index contributed by atoms with van der Waals surface area (Å²) in [6.07, 6.45) is 4.11. The minimum absolute atomic E-state index is 0.177. The number of hydrogen-bond acceptors (Lipinski definition) is 1. The standard InChI is InChI=1S/C10H14N2O/c1-8-9(4-5-11-8)10(13)12-6-2-3-7-12/h4-5,11H,2-3,6-7H2,1H3. The molecule has 13 heavy (non-hydrogen) atoms. The number of aryl methyl sites for hydroxylation is 1. The smallest absolute Gasteiger partial charge is 0.255 e. The first-order valence-electron chi connectivity index (χ1n) is 4.72. The fourth-order valence-corrected chi connectivity index (χ4v) is 1.78. The lowest BCUT2D eigenvalue weighted by Gasteiger charge is -2.14. The van der Waals surface area contributed by atoms with Crippen LogP contribution < -0.4 is 0 Å². The lowest BCUT2D eigenvalue weighted by molar-refractivity contribution is 0.0792. The molecule has 3 heteroatoms. The molecule has 70 valence electrons. The topological polar surface area (TPSA) is 36.1 Å². The molecule has 1 aliphatic rings. The van der Waals surface area contributed by atoms with Crippen molar-refractivity contribution >= 4 is 5.91 Å². The number of likely N-dealkylation sites (tertiary alicyclic amines) is 1. The van der Waals surface area contributed by atoms with E-state index in [1.165, 1.54) is 0 Å². The predicted octanol–water partition coefficient (Wildman–Crippen LogP) is 1.56. The molecule has 1 amide bonds. The number of carbonyl (C=O) groups is 1. The van der Waals surface area contributed by atoms with Crippen LogP contribution in [0.2, 0.25) is 0 Å². The van der Waals surface area contributed by atoms with Gasteiger partial charge in [-0.3, -0.25) is 4.79 Å². The number of carbonyl (C=O) groups excluding carboxylic acids is 1. The van der Waals surface area contributed by atoms with Crippen molar-refractivity contribution in [3.05, 3.63) is 23.5 Å². The van der Waals surface area contributed by atoms with Crippen LogP contribution in [0.15, 0.2) is 12.3 Å². The highest BCUT2D eigenvalue weighted by molar-refractivity contribution is 5.95. The van der Waals surface area contributed by atoms with Gasteiger partial charge >= 0.3 is 0 Å². The van der Waals surface area contributed by atoms with E-state index in [-0.39, 0.29) is 5.91 Å². The van der Waals surface area contributed by atoms with Crippen LogP contribution in [0.3, 0.4) is 0 Å². The zero-order chi connectivity index (χ0) is 9.26. The Morgan fingerprint density at radius 1 is 1.46 bits per heavy atom. The summed E-state index contributed by atoms with van der Waals surface area (Å²) in [7, 11) is 0. The molecule has 2 rings (SSSR count). The molecular weight excluding hydrogens is 164 g/mol. The SMILES string of the molecule is Cc1[nH]ccc1C(=O)N1CCCC1. The first kappa shape index (κ1) is 8.35. The molecule has 1 aliphatic heterocycles. The average molecular weight is 178 g/mol. The third-order valence-corrected chi connectivity index (χ3v) is 2.58. The van der Waals surface area contributed by atoms with Gasteiger partial charge < -0.3 is 9.88 Å². The van der Waals surface area contributed by atoms with Gasteiger partial charge in [0.2, 0.25) is 0 Å². The molecule has 1 aromatic heterocycles. The fourth-order valence-electron chi connectivity index (χ4n) is 1.78. The van der Waals surface area contributed by atoms with Crippen LogP contribution in [0.4, 0.5) is 0 Å². The normalized spacial score (nSPS) is 16.5. The summed E-state index contributed by atoms with van der Waals surface area (Å²) >= 11 is 0. The first-order chi connectivity index (χ1) is 6.29. The summed E-state index contributed by atoms with van der Waals surface area (Å²) in [5.41, 5.74) is 1.79. The third kappa shape index (κ3) is 1.46. The van der Waals surface area contributed by atoms with Crippen LogP contribution in [0.25, 0.3) is 0 Å². The van der Waals surface area contributed by atoms with Gasteiger partial charge in [0.05, 0.1) is 5.56 Å². The number of amides is 1. The maximum Gasteiger partial charge on any atom is 0.255 e. The van der Waals surface area contributed by atoms with E-state index in [9.17, 15) is 4.79 Å². The maximum atomic E-state index is 11.8. The zero-order valence-electron chi connectivity index (χ0n) is 7.84. The molecule has 0 aliphatic carbocycles. The van der Waals surface area contributed by atoms with Gasteiger partial charge in [0.25, 0.3) is 5.91 Å². The van der Waals surface area contributed by atoms with E-state index in [4.69, 9.17) is 0 Å². The fraction of sp³-hybridized carbons (Fsp3) is 0.500. The van der Waals surface area contributed by atoms with E-state index in [0.717, 1.165) is 37.2 Å². The lowest BCUT2D eigenvalue weighted by atomic mass is 10.2. The van der Waals surface area contributed by atoms with Crippen molar-refractivity contribution in [2.45, 2.75) is 19.8 Å². The summed E-state index contributed by atoms with van der Waals surface area (Å²) in [6, 6.07) is 1.86. The Kier molecular flexibility index (Phi) is 2.08. The highest BCUT2D eigenvalue weighted by atomic mass is 16.2. The van der Waals surface area contributed by atoms with E-state index in [0.29, 0.717) is 0 Å². The molecule has 1 saturated heterocycles. The molecule has 0 saturated carbocycles. The average Bonchev–Trinajstić information content (AvgIpc) is 2.72. The van der Waals surface area contributed by atoms with E-state index in [1.807, 2.05) is 24.1 Å². The molecule has 0 radical (unpaired) electrons.